The normalized spacial score (nSPS) is 15.8. The second-order valence-corrected chi connectivity index (χ2v) is 5.90. The largest absolute Gasteiger partial charge is 0.492 e. The van der Waals surface area contributed by atoms with E-state index in [-0.39, 0.29) is 5.82 Å². The maximum absolute atomic E-state index is 13.8. The fraction of sp³-hybridized carbons (Fsp3) is 0.444. The molecule has 1 aromatic rings. The highest BCUT2D eigenvalue weighted by Crippen LogP contribution is 2.34. The fourth-order valence-corrected chi connectivity index (χ4v) is 2.63. The van der Waals surface area contributed by atoms with E-state index in [0.29, 0.717) is 12.5 Å². The number of hydrogen-bond acceptors (Lipinski definition) is 2. The van der Waals surface area contributed by atoms with E-state index in [9.17, 15) is 4.39 Å². The Morgan fingerprint density at radius 2 is 1.71 bits per heavy atom. The molecule has 1 saturated heterocycles. The first kappa shape index (κ1) is 15.8. The number of allylic oxidation sites excluding steroid dienone is 2. The molecule has 0 bridgehead atoms. The molecule has 0 aromatic heterocycles. The van der Waals surface area contributed by atoms with E-state index < -0.39 is 0 Å². The Kier molecular flexibility index (Phi) is 5.18. The predicted molar refractivity (Wildman–Crippen MR) is 86.9 cm³/mol. The van der Waals surface area contributed by atoms with E-state index in [1.54, 1.807) is 0 Å². The van der Waals surface area contributed by atoms with E-state index in [0.717, 1.165) is 54.0 Å². The van der Waals surface area contributed by atoms with Crippen molar-refractivity contribution in [3.05, 3.63) is 42.2 Å². The number of rotatable bonds is 5. The van der Waals surface area contributed by atoms with Gasteiger partial charge in [0.15, 0.2) is 0 Å². The molecule has 21 heavy (non-hydrogen) atoms. The minimum absolute atomic E-state index is 0.278. The molecule has 1 aliphatic rings. The molecular weight excluding hydrogens is 265 g/mol. The minimum atomic E-state index is -0.278. The molecule has 2 nitrogen and oxygen atoms in total. The van der Waals surface area contributed by atoms with Crippen molar-refractivity contribution < 1.29 is 9.13 Å². The van der Waals surface area contributed by atoms with E-state index in [2.05, 4.69) is 18.5 Å². The number of hydrogen-bond donors (Lipinski definition) is 1. The van der Waals surface area contributed by atoms with E-state index in [4.69, 9.17) is 4.74 Å². The summed E-state index contributed by atoms with van der Waals surface area (Å²) in [6.45, 7) is 14.4. The van der Waals surface area contributed by atoms with Crippen LogP contribution in [0, 0.1) is 11.7 Å². The lowest BCUT2D eigenvalue weighted by Crippen LogP contribution is -2.30. The van der Waals surface area contributed by atoms with Crippen molar-refractivity contribution >= 4 is 11.1 Å². The Morgan fingerprint density at radius 3 is 2.19 bits per heavy atom. The van der Waals surface area contributed by atoms with Crippen molar-refractivity contribution in [3.8, 4) is 5.75 Å². The van der Waals surface area contributed by atoms with Crippen molar-refractivity contribution in [2.24, 2.45) is 5.92 Å². The van der Waals surface area contributed by atoms with Crippen LogP contribution < -0.4 is 10.1 Å². The lowest BCUT2D eigenvalue weighted by atomic mass is 9.98. The highest BCUT2D eigenvalue weighted by Gasteiger charge is 2.18. The number of benzene rings is 1. The average Bonchev–Trinajstić information content (AvgIpc) is 2.46. The van der Waals surface area contributed by atoms with Gasteiger partial charge in [0.2, 0.25) is 0 Å². The zero-order chi connectivity index (χ0) is 15.4. The first-order valence-electron chi connectivity index (χ1n) is 7.48. The lowest BCUT2D eigenvalue weighted by Gasteiger charge is -2.24. The highest BCUT2D eigenvalue weighted by molar-refractivity contribution is 5.77. The molecule has 0 atom stereocenters. The van der Waals surface area contributed by atoms with Crippen LogP contribution in [0.3, 0.4) is 0 Å². The summed E-state index contributed by atoms with van der Waals surface area (Å²) in [6.07, 6.45) is 2.23. The van der Waals surface area contributed by atoms with Gasteiger partial charge in [-0.3, -0.25) is 0 Å². The van der Waals surface area contributed by atoms with Gasteiger partial charge in [-0.25, -0.2) is 4.39 Å². The molecule has 0 radical (unpaired) electrons. The van der Waals surface area contributed by atoms with Crippen molar-refractivity contribution in [1.29, 1.82) is 0 Å². The molecule has 1 heterocycles. The molecule has 1 aliphatic heterocycles. The molecule has 2 rings (SSSR count). The standard InChI is InChI=1S/C18H24FNO/c1-12(2)16-9-15(19)10-17(13(3)4)18(16)21-11-14-5-7-20-8-6-14/h9-10,14,20H,1,3,5-8,11H2,2,4H3. The second-order valence-electron chi connectivity index (χ2n) is 5.90. The first-order chi connectivity index (χ1) is 9.99. The summed E-state index contributed by atoms with van der Waals surface area (Å²) in [5, 5.41) is 3.35. The van der Waals surface area contributed by atoms with Gasteiger partial charge in [-0.1, -0.05) is 13.2 Å². The number of ether oxygens (including phenoxy) is 1. The van der Waals surface area contributed by atoms with Gasteiger partial charge < -0.3 is 10.1 Å². The molecule has 1 aromatic carbocycles. The van der Waals surface area contributed by atoms with Crippen LogP contribution in [0.15, 0.2) is 25.3 Å². The van der Waals surface area contributed by atoms with Crippen molar-refractivity contribution in [1.82, 2.24) is 5.32 Å². The minimum Gasteiger partial charge on any atom is -0.492 e. The molecule has 0 aliphatic carbocycles. The zero-order valence-electron chi connectivity index (χ0n) is 13.0. The maximum Gasteiger partial charge on any atom is 0.134 e. The molecule has 0 spiro atoms. The van der Waals surface area contributed by atoms with Gasteiger partial charge in [0, 0.05) is 11.1 Å². The Hall–Kier alpha value is -1.61. The molecular formula is C18H24FNO. The number of halogens is 1. The third-order valence-corrected chi connectivity index (χ3v) is 3.90. The third-order valence-electron chi connectivity index (χ3n) is 3.90. The molecule has 0 saturated carbocycles. The average molecular weight is 289 g/mol. The summed E-state index contributed by atoms with van der Waals surface area (Å²) >= 11 is 0. The summed E-state index contributed by atoms with van der Waals surface area (Å²) in [7, 11) is 0. The summed E-state index contributed by atoms with van der Waals surface area (Å²) in [5.41, 5.74) is 3.08. The molecule has 3 heteroatoms. The molecule has 0 unspecified atom stereocenters. The van der Waals surface area contributed by atoms with E-state index in [1.165, 1.54) is 12.1 Å². The van der Waals surface area contributed by atoms with Crippen LogP contribution in [0.5, 0.6) is 5.75 Å². The predicted octanol–water partition coefficient (Wildman–Crippen LogP) is 4.27. The van der Waals surface area contributed by atoms with Gasteiger partial charge in [0.05, 0.1) is 6.61 Å². The Morgan fingerprint density at radius 1 is 1.19 bits per heavy atom. The van der Waals surface area contributed by atoms with Gasteiger partial charge in [0.1, 0.15) is 11.6 Å². The number of piperidine rings is 1. The quantitative estimate of drug-likeness (QED) is 0.874. The summed E-state index contributed by atoms with van der Waals surface area (Å²) in [5.74, 6) is 0.988. The van der Waals surface area contributed by atoms with Crippen LogP contribution in [0.1, 0.15) is 37.8 Å². The fourth-order valence-electron chi connectivity index (χ4n) is 2.63. The van der Waals surface area contributed by atoms with Gasteiger partial charge in [-0.05, 0) is 69.0 Å². The summed E-state index contributed by atoms with van der Waals surface area (Å²) in [6, 6.07) is 2.99. The third kappa shape index (κ3) is 3.94. The zero-order valence-corrected chi connectivity index (χ0v) is 13.0. The first-order valence-corrected chi connectivity index (χ1v) is 7.48. The van der Waals surface area contributed by atoms with Gasteiger partial charge >= 0.3 is 0 Å². The van der Waals surface area contributed by atoms with Gasteiger partial charge in [-0.15, -0.1) is 0 Å². The molecule has 114 valence electrons. The van der Waals surface area contributed by atoms with E-state index in [1.807, 2.05) is 13.8 Å². The second kappa shape index (κ2) is 6.90. The highest BCUT2D eigenvalue weighted by atomic mass is 19.1. The van der Waals surface area contributed by atoms with Crippen molar-refractivity contribution in [2.75, 3.05) is 19.7 Å². The SMILES string of the molecule is C=C(C)c1cc(F)cc(C(=C)C)c1OCC1CCNCC1. The van der Waals surface area contributed by atoms with Crippen LogP contribution in [0.4, 0.5) is 4.39 Å². The smallest absolute Gasteiger partial charge is 0.134 e. The van der Waals surface area contributed by atoms with E-state index >= 15 is 0 Å². The van der Waals surface area contributed by atoms with Gasteiger partial charge in [-0.2, -0.15) is 0 Å². The lowest BCUT2D eigenvalue weighted by molar-refractivity contribution is 0.214. The summed E-state index contributed by atoms with van der Waals surface area (Å²) < 4.78 is 19.8. The van der Waals surface area contributed by atoms with Crippen molar-refractivity contribution in [3.63, 3.8) is 0 Å². The van der Waals surface area contributed by atoms with Crippen LogP contribution in [0.2, 0.25) is 0 Å². The monoisotopic (exact) mass is 289 g/mol. The molecule has 1 fully saturated rings. The molecule has 1 N–H and O–H groups in total. The van der Waals surface area contributed by atoms with Crippen LogP contribution in [-0.4, -0.2) is 19.7 Å². The Bertz CT molecular complexity index is 509. The molecule has 0 amide bonds. The van der Waals surface area contributed by atoms with Crippen LogP contribution in [0.25, 0.3) is 11.1 Å². The van der Waals surface area contributed by atoms with Crippen molar-refractivity contribution in [2.45, 2.75) is 26.7 Å². The van der Waals surface area contributed by atoms with Gasteiger partial charge in [0.25, 0.3) is 0 Å². The van der Waals surface area contributed by atoms with Crippen LogP contribution in [-0.2, 0) is 0 Å². The van der Waals surface area contributed by atoms with Crippen LogP contribution >= 0.6 is 0 Å². The summed E-state index contributed by atoms with van der Waals surface area (Å²) in [4.78, 5) is 0. The Labute approximate surface area is 126 Å². The maximum atomic E-state index is 13.8. The topological polar surface area (TPSA) is 21.3 Å². The Balaban J connectivity index is 2.26. The number of nitrogens with one attached hydrogen (secondary N) is 1.